The van der Waals surface area contributed by atoms with E-state index in [9.17, 15) is 9.59 Å². The molecule has 0 bridgehead atoms. The van der Waals surface area contributed by atoms with Gasteiger partial charge in [0, 0.05) is 18.1 Å². The molecule has 0 heterocycles. The average molecular weight is 351 g/mol. The number of aliphatic hydroxyl groups is 1. The molecule has 1 saturated carbocycles. The summed E-state index contributed by atoms with van der Waals surface area (Å²) < 4.78 is 5.07. The number of carboxylic acid groups (broad SMARTS) is 1. The van der Waals surface area contributed by atoms with E-state index in [2.05, 4.69) is 5.32 Å². The number of nitrogens with one attached hydrogen (secondary N) is 1. The number of ether oxygens (including phenoxy) is 1. The summed E-state index contributed by atoms with van der Waals surface area (Å²) in [5.74, 6) is 0.516. The lowest BCUT2D eigenvalue weighted by atomic mass is 9.72. The van der Waals surface area contributed by atoms with Gasteiger partial charge in [-0.3, -0.25) is 4.79 Å². The van der Waals surface area contributed by atoms with Crippen LogP contribution in [0.5, 0.6) is 0 Å². The summed E-state index contributed by atoms with van der Waals surface area (Å²) in [7, 11) is 3.08. The van der Waals surface area contributed by atoms with Gasteiger partial charge in [0.05, 0.1) is 13.0 Å². The van der Waals surface area contributed by atoms with Gasteiger partial charge in [0.25, 0.3) is 0 Å². The molecule has 0 spiro atoms. The van der Waals surface area contributed by atoms with Crippen molar-refractivity contribution < 1.29 is 24.5 Å². The van der Waals surface area contributed by atoms with Gasteiger partial charge in [0.1, 0.15) is 6.61 Å². The van der Waals surface area contributed by atoms with Crippen LogP contribution in [0.2, 0.25) is 0 Å². The number of rotatable bonds is 10. The molecule has 128 valence electrons. The van der Waals surface area contributed by atoms with Crippen molar-refractivity contribution in [1.82, 2.24) is 5.32 Å². The van der Waals surface area contributed by atoms with E-state index >= 15 is 0 Å². The van der Waals surface area contributed by atoms with Gasteiger partial charge in [0.15, 0.2) is 0 Å². The van der Waals surface area contributed by atoms with Gasteiger partial charge in [-0.2, -0.15) is 0 Å². The van der Waals surface area contributed by atoms with Gasteiger partial charge in [-0.25, -0.2) is 4.79 Å². The van der Waals surface area contributed by atoms with Crippen molar-refractivity contribution in [2.24, 2.45) is 5.41 Å². The molecule has 3 N–H and O–H groups in total. The third kappa shape index (κ3) is 8.14. The van der Waals surface area contributed by atoms with Gasteiger partial charge in [0.2, 0.25) is 0 Å². The molecule has 0 unspecified atom stereocenters. The molecule has 1 amide bonds. The lowest BCUT2D eigenvalue weighted by Gasteiger charge is -2.36. The van der Waals surface area contributed by atoms with Crippen LogP contribution in [0.3, 0.4) is 0 Å². The van der Waals surface area contributed by atoms with Crippen LogP contribution >= 0.6 is 21.6 Å². The Hall–Kier alpha value is -0.600. The minimum atomic E-state index is -0.811. The smallest absolute Gasteiger partial charge is 0.407 e. The minimum absolute atomic E-state index is 0.0981. The molecule has 0 atom stereocenters. The van der Waals surface area contributed by atoms with Crippen LogP contribution in [-0.2, 0) is 9.53 Å². The van der Waals surface area contributed by atoms with E-state index in [1.807, 2.05) is 0 Å². The number of alkyl carbamates (subject to hydrolysis) is 1. The Balaban J connectivity index is 2.23. The maximum Gasteiger partial charge on any atom is 0.407 e. The predicted molar refractivity (Wildman–Crippen MR) is 89.1 cm³/mol. The van der Waals surface area contributed by atoms with E-state index in [1.165, 1.54) is 10.8 Å². The lowest BCUT2D eigenvalue weighted by Crippen LogP contribution is -2.40. The van der Waals surface area contributed by atoms with Crippen molar-refractivity contribution >= 4 is 33.7 Å². The van der Waals surface area contributed by atoms with Crippen LogP contribution in [-0.4, -0.2) is 53.5 Å². The summed E-state index contributed by atoms with van der Waals surface area (Å²) >= 11 is 0. The number of carboxylic acids is 1. The molecule has 0 aromatic rings. The maximum atomic E-state index is 11.7. The number of carbonyl (C=O) groups excluding carboxylic acids is 1. The first kappa shape index (κ1) is 19.4. The summed E-state index contributed by atoms with van der Waals surface area (Å²) in [6, 6.07) is 0. The third-order valence-electron chi connectivity index (χ3n) is 3.71. The monoisotopic (exact) mass is 351 g/mol. The maximum absolute atomic E-state index is 11.7. The number of aliphatic hydroxyl groups excluding tert-OH is 1. The second kappa shape index (κ2) is 11.0. The molecule has 6 nitrogen and oxygen atoms in total. The van der Waals surface area contributed by atoms with Gasteiger partial charge in [-0.1, -0.05) is 40.9 Å². The highest BCUT2D eigenvalue weighted by molar-refractivity contribution is 8.76. The third-order valence-corrected chi connectivity index (χ3v) is 6.06. The molecule has 1 fully saturated rings. The topological polar surface area (TPSA) is 95.9 Å². The number of hydrogen-bond donors (Lipinski definition) is 3. The van der Waals surface area contributed by atoms with Crippen LogP contribution in [0, 0.1) is 5.41 Å². The van der Waals surface area contributed by atoms with E-state index in [1.54, 1.807) is 10.8 Å². The van der Waals surface area contributed by atoms with Crippen LogP contribution in [0.1, 0.15) is 38.5 Å². The SMILES string of the molecule is O=C(O)CC1(CNC(=O)OCCSSCCO)CCCCC1. The molecule has 0 radical (unpaired) electrons. The van der Waals surface area contributed by atoms with Crippen molar-refractivity contribution in [2.75, 3.05) is 31.3 Å². The number of aliphatic carboxylic acids is 1. The van der Waals surface area contributed by atoms with Crippen molar-refractivity contribution in [2.45, 2.75) is 38.5 Å². The van der Waals surface area contributed by atoms with Crippen LogP contribution in [0.25, 0.3) is 0 Å². The molecule has 0 aromatic carbocycles. The summed E-state index contributed by atoms with van der Waals surface area (Å²) in [5.41, 5.74) is -0.325. The van der Waals surface area contributed by atoms with E-state index in [4.69, 9.17) is 14.9 Å². The number of hydrogen-bond acceptors (Lipinski definition) is 6. The first-order valence-electron chi connectivity index (χ1n) is 7.56. The molecule has 1 rings (SSSR count). The number of amides is 1. The highest BCUT2D eigenvalue weighted by Gasteiger charge is 2.34. The van der Waals surface area contributed by atoms with E-state index in [0.717, 1.165) is 32.1 Å². The quantitative estimate of drug-likeness (QED) is 0.411. The number of carbonyl (C=O) groups is 2. The first-order chi connectivity index (χ1) is 10.6. The zero-order chi connectivity index (χ0) is 16.3. The molecule has 1 aliphatic rings. The average Bonchev–Trinajstić information content (AvgIpc) is 2.49. The Morgan fingerprint density at radius 2 is 1.82 bits per heavy atom. The highest BCUT2D eigenvalue weighted by Crippen LogP contribution is 2.38. The molecule has 8 heteroatoms. The molecular formula is C14H25NO5S2. The Labute approximate surface area is 139 Å². The fourth-order valence-electron chi connectivity index (χ4n) is 2.67. The first-order valence-corrected chi connectivity index (χ1v) is 10.0. The zero-order valence-corrected chi connectivity index (χ0v) is 14.3. The van der Waals surface area contributed by atoms with Gasteiger partial charge < -0.3 is 20.3 Å². The fraction of sp³-hybridized carbons (Fsp3) is 0.857. The van der Waals surface area contributed by atoms with Crippen molar-refractivity contribution in [3.8, 4) is 0 Å². The second-order valence-corrected chi connectivity index (χ2v) is 8.19. The molecule has 0 aromatic heterocycles. The van der Waals surface area contributed by atoms with Crippen LogP contribution in [0.15, 0.2) is 0 Å². The molecule has 0 saturated heterocycles. The summed E-state index contributed by atoms with van der Waals surface area (Å²) in [6.07, 6.45) is 4.46. The molecule has 1 aliphatic carbocycles. The van der Waals surface area contributed by atoms with Gasteiger partial charge >= 0.3 is 12.1 Å². The van der Waals surface area contributed by atoms with E-state index < -0.39 is 12.1 Å². The summed E-state index contributed by atoms with van der Waals surface area (Å²) in [4.78, 5) is 22.7. The largest absolute Gasteiger partial charge is 0.481 e. The zero-order valence-electron chi connectivity index (χ0n) is 12.7. The predicted octanol–water partition coefficient (Wildman–Crippen LogP) is 2.51. The van der Waals surface area contributed by atoms with E-state index in [-0.39, 0.29) is 18.4 Å². The molecular weight excluding hydrogens is 326 g/mol. The van der Waals surface area contributed by atoms with Crippen molar-refractivity contribution in [3.05, 3.63) is 0 Å². The van der Waals surface area contributed by atoms with Crippen molar-refractivity contribution in [3.63, 3.8) is 0 Å². The Kier molecular flexibility index (Phi) is 9.74. The van der Waals surface area contributed by atoms with E-state index in [0.29, 0.717) is 24.7 Å². The van der Waals surface area contributed by atoms with Crippen molar-refractivity contribution in [1.29, 1.82) is 0 Å². The fourth-order valence-corrected chi connectivity index (χ4v) is 4.27. The van der Waals surface area contributed by atoms with Gasteiger partial charge in [-0.15, -0.1) is 0 Å². The Bertz CT molecular complexity index is 348. The second-order valence-electron chi connectivity index (χ2n) is 5.49. The Morgan fingerprint density at radius 3 is 2.45 bits per heavy atom. The standard InChI is InChI=1S/C14H25NO5S2/c16-6-8-21-22-9-7-20-13(19)15-11-14(10-12(17)18)4-2-1-3-5-14/h16H,1-11H2,(H,15,19)(H,17,18). The molecule has 0 aliphatic heterocycles. The Morgan fingerprint density at radius 1 is 1.14 bits per heavy atom. The highest BCUT2D eigenvalue weighted by atomic mass is 33.1. The van der Waals surface area contributed by atoms with Crippen LogP contribution in [0.4, 0.5) is 4.79 Å². The normalized spacial score (nSPS) is 17.0. The molecule has 22 heavy (non-hydrogen) atoms. The summed E-state index contributed by atoms with van der Waals surface area (Å²) in [6.45, 7) is 0.816. The van der Waals surface area contributed by atoms with Gasteiger partial charge in [-0.05, 0) is 18.3 Å². The minimum Gasteiger partial charge on any atom is -0.481 e. The lowest BCUT2D eigenvalue weighted by molar-refractivity contribution is -0.140. The van der Waals surface area contributed by atoms with Crippen LogP contribution < -0.4 is 5.32 Å². The summed E-state index contributed by atoms with van der Waals surface area (Å²) in [5, 5.41) is 20.4.